The molecule has 8 heteroatoms. The molecule has 0 bridgehead atoms. The lowest BCUT2D eigenvalue weighted by Crippen LogP contribution is -2.38. The summed E-state index contributed by atoms with van der Waals surface area (Å²) in [4.78, 5) is 32.4. The summed E-state index contributed by atoms with van der Waals surface area (Å²) >= 11 is 3.77. The molecule has 7 nitrogen and oxygen atoms in total. The van der Waals surface area contributed by atoms with Crippen molar-refractivity contribution < 1.29 is 19.5 Å². The highest BCUT2D eigenvalue weighted by molar-refractivity contribution is 7.81. The predicted octanol–water partition coefficient (Wildman–Crippen LogP) is 0.123. The largest absolute Gasteiger partial charge is 0.479 e. The number of thiol groups is 1. The first-order valence-corrected chi connectivity index (χ1v) is 5.90. The van der Waals surface area contributed by atoms with Gasteiger partial charge in [-0.25, -0.2) is 4.79 Å². The molecule has 0 heterocycles. The number of carboxylic acids is 1. The average Bonchev–Trinajstić information content (AvgIpc) is 2.42. The van der Waals surface area contributed by atoms with Gasteiger partial charge in [-0.2, -0.15) is 12.6 Å². The van der Waals surface area contributed by atoms with Gasteiger partial charge in [0.25, 0.3) is 0 Å². The number of benzene rings is 1. The molecule has 0 radical (unpaired) electrons. The number of Topliss-reactive ketones (excluding diaryl/α,β-unsaturated/α-hetero) is 1. The van der Waals surface area contributed by atoms with E-state index in [0.29, 0.717) is 17.8 Å². The summed E-state index contributed by atoms with van der Waals surface area (Å²) in [5.41, 5.74) is 5.94. The highest BCUT2D eigenvalue weighted by Gasteiger charge is 2.24. The van der Waals surface area contributed by atoms with Crippen molar-refractivity contribution in [1.82, 2.24) is 5.43 Å². The van der Waals surface area contributed by atoms with Crippen LogP contribution in [-0.2, 0) is 14.4 Å². The fourth-order valence-corrected chi connectivity index (χ4v) is 1.48. The maximum atomic E-state index is 11.4. The van der Waals surface area contributed by atoms with E-state index in [1.54, 1.807) is 24.3 Å². The van der Waals surface area contributed by atoms with Crippen molar-refractivity contribution in [2.45, 2.75) is 6.04 Å². The molecule has 0 aromatic heterocycles. The molecular formula is C11H13N3O4S. The maximum absolute atomic E-state index is 11.4. The number of carbonyl (C=O) groups is 3. The van der Waals surface area contributed by atoms with Gasteiger partial charge in [-0.3, -0.25) is 20.4 Å². The minimum absolute atomic E-state index is 0.160. The Morgan fingerprint density at radius 2 is 1.84 bits per heavy atom. The second-order valence-corrected chi connectivity index (χ2v) is 3.82. The Labute approximate surface area is 114 Å². The van der Waals surface area contributed by atoms with Crippen LogP contribution in [0.5, 0.6) is 0 Å². The van der Waals surface area contributed by atoms with E-state index < -0.39 is 17.8 Å². The predicted molar refractivity (Wildman–Crippen MR) is 73.2 cm³/mol. The lowest BCUT2D eigenvalue weighted by molar-refractivity contribution is -0.140. The van der Waals surface area contributed by atoms with E-state index in [0.717, 1.165) is 0 Å². The van der Waals surface area contributed by atoms with Crippen LogP contribution in [0.3, 0.4) is 0 Å². The highest BCUT2D eigenvalue weighted by atomic mass is 32.1. The number of nitrogens with one attached hydrogen (secondary N) is 3. The zero-order valence-corrected chi connectivity index (χ0v) is 10.7. The monoisotopic (exact) mass is 283 g/mol. The Morgan fingerprint density at radius 3 is 2.32 bits per heavy atom. The smallest absolute Gasteiger partial charge is 0.333 e. The molecular weight excluding hydrogens is 270 g/mol. The molecule has 102 valence electrons. The topological polar surface area (TPSA) is 108 Å². The lowest BCUT2D eigenvalue weighted by atomic mass is 10.2. The van der Waals surface area contributed by atoms with Crippen molar-refractivity contribution in [2.24, 2.45) is 0 Å². The average molecular weight is 283 g/mol. The van der Waals surface area contributed by atoms with Gasteiger partial charge in [0.05, 0.1) is 11.4 Å². The van der Waals surface area contributed by atoms with Gasteiger partial charge < -0.3 is 10.4 Å². The number of hydrogen-bond donors (Lipinski definition) is 5. The minimum Gasteiger partial charge on any atom is -0.479 e. The van der Waals surface area contributed by atoms with Crippen LogP contribution in [0.15, 0.2) is 24.3 Å². The van der Waals surface area contributed by atoms with E-state index in [1.807, 2.05) is 0 Å². The van der Waals surface area contributed by atoms with Crippen LogP contribution in [0, 0.1) is 0 Å². The van der Waals surface area contributed by atoms with Crippen LogP contribution < -0.4 is 16.2 Å². The first-order valence-electron chi connectivity index (χ1n) is 5.26. The van der Waals surface area contributed by atoms with Gasteiger partial charge in [0, 0.05) is 5.69 Å². The molecule has 1 rings (SSSR count). The quantitative estimate of drug-likeness (QED) is 0.201. The number of ketones is 1. The van der Waals surface area contributed by atoms with Gasteiger partial charge in [-0.05, 0) is 24.3 Å². The third-order valence-corrected chi connectivity index (χ3v) is 2.51. The molecule has 1 aromatic rings. The Kier molecular flexibility index (Phi) is 5.68. The van der Waals surface area contributed by atoms with E-state index in [1.165, 1.54) is 0 Å². The second kappa shape index (κ2) is 7.27. The number of amides is 1. The molecule has 0 aliphatic carbocycles. The lowest BCUT2D eigenvalue weighted by Gasteiger charge is -2.14. The molecule has 1 atom stereocenters. The summed E-state index contributed by atoms with van der Waals surface area (Å²) in [6, 6.07) is 5.06. The molecule has 0 aliphatic heterocycles. The van der Waals surface area contributed by atoms with Crippen molar-refractivity contribution in [3.05, 3.63) is 24.3 Å². The second-order valence-electron chi connectivity index (χ2n) is 3.50. The van der Waals surface area contributed by atoms with Crippen LogP contribution in [0.25, 0.3) is 0 Å². The normalized spacial score (nSPS) is 11.2. The number of rotatable bonds is 8. The SMILES string of the molecule is O=CNNc1ccc(NC(C(=O)O)C(=O)CS)cc1. The molecule has 1 unspecified atom stereocenters. The Bertz CT molecular complexity index is 464. The fraction of sp³-hybridized carbons (Fsp3) is 0.182. The van der Waals surface area contributed by atoms with Gasteiger partial charge in [0.1, 0.15) is 0 Å². The number of hydrazine groups is 1. The summed E-state index contributed by atoms with van der Waals surface area (Å²) < 4.78 is 0. The van der Waals surface area contributed by atoms with Crippen LogP contribution in [0.4, 0.5) is 11.4 Å². The van der Waals surface area contributed by atoms with Crippen molar-refractivity contribution in [3.8, 4) is 0 Å². The first-order chi connectivity index (χ1) is 9.08. The Balaban J connectivity index is 2.72. The number of hydrogen-bond acceptors (Lipinski definition) is 6. The number of carboxylic acid groups (broad SMARTS) is 1. The van der Waals surface area contributed by atoms with Crippen LogP contribution in [0.2, 0.25) is 0 Å². The minimum atomic E-state index is -1.33. The standard InChI is InChI=1S/C11H13N3O4S/c15-6-12-14-8-3-1-7(2-4-8)13-10(11(17)18)9(16)5-19/h1-4,6,10,13-14,19H,5H2,(H,12,15)(H,17,18). The summed E-state index contributed by atoms with van der Waals surface area (Å²) in [5, 5.41) is 11.5. The van der Waals surface area contributed by atoms with Gasteiger partial charge >= 0.3 is 5.97 Å². The van der Waals surface area contributed by atoms with E-state index in [2.05, 4.69) is 28.8 Å². The van der Waals surface area contributed by atoms with Gasteiger partial charge in [-0.1, -0.05) is 0 Å². The van der Waals surface area contributed by atoms with Crippen LogP contribution in [0.1, 0.15) is 0 Å². The summed E-state index contributed by atoms with van der Waals surface area (Å²) in [6.07, 6.45) is 0.484. The van der Waals surface area contributed by atoms with Gasteiger partial charge in [0.2, 0.25) is 6.41 Å². The van der Waals surface area contributed by atoms with Crippen LogP contribution >= 0.6 is 12.6 Å². The summed E-state index contributed by atoms with van der Waals surface area (Å²) in [6.45, 7) is 0. The summed E-state index contributed by atoms with van der Waals surface area (Å²) in [5.74, 6) is -1.95. The number of anilines is 2. The van der Waals surface area contributed by atoms with Crippen molar-refractivity contribution >= 4 is 42.2 Å². The molecule has 0 aliphatic rings. The first kappa shape index (κ1) is 14.8. The Hall–Kier alpha value is -2.22. The molecule has 4 N–H and O–H groups in total. The van der Waals surface area contributed by atoms with E-state index in [9.17, 15) is 14.4 Å². The van der Waals surface area contributed by atoms with Gasteiger partial charge in [-0.15, -0.1) is 0 Å². The molecule has 1 aromatic carbocycles. The Morgan fingerprint density at radius 1 is 1.26 bits per heavy atom. The molecule has 0 fully saturated rings. The number of aliphatic carboxylic acids is 1. The molecule has 1 amide bonds. The molecule has 0 saturated carbocycles. The maximum Gasteiger partial charge on any atom is 0.333 e. The van der Waals surface area contributed by atoms with Gasteiger partial charge in [0.15, 0.2) is 11.8 Å². The van der Waals surface area contributed by atoms with Crippen molar-refractivity contribution in [2.75, 3.05) is 16.5 Å². The van der Waals surface area contributed by atoms with Crippen LogP contribution in [-0.4, -0.2) is 35.1 Å². The number of carbonyl (C=O) groups excluding carboxylic acids is 2. The molecule has 19 heavy (non-hydrogen) atoms. The van der Waals surface area contributed by atoms with Crippen molar-refractivity contribution in [1.29, 1.82) is 0 Å². The summed E-state index contributed by atoms with van der Waals surface area (Å²) in [7, 11) is 0. The van der Waals surface area contributed by atoms with E-state index in [-0.39, 0.29) is 5.75 Å². The van der Waals surface area contributed by atoms with Crippen molar-refractivity contribution in [3.63, 3.8) is 0 Å². The zero-order chi connectivity index (χ0) is 14.3. The van der Waals surface area contributed by atoms with E-state index >= 15 is 0 Å². The fourth-order valence-electron chi connectivity index (χ4n) is 1.30. The third-order valence-electron chi connectivity index (χ3n) is 2.20. The zero-order valence-electron chi connectivity index (χ0n) is 9.79. The molecule has 0 saturated heterocycles. The van der Waals surface area contributed by atoms with E-state index in [4.69, 9.17) is 5.11 Å². The highest BCUT2D eigenvalue weighted by Crippen LogP contribution is 2.14. The molecule has 0 spiro atoms. The third kappa shape index (κ3) is 4.51.